The zero-order valence-electron chi connectivity index (χ0n) is 9.38. The van der Waals surface area contributed by atoms with E-state index in [2.05, 4.69) is 0 Å². The summed E-state index contributed by atoms with van der Waals surface area (Å²) in [6.07, 6.45) is 4.48. The first kappa shape index (κ1) is 12.1. The van der Waals surface area contributed by atoms with Gasteiger partial charge in [0.05, 0.1) is 7.11 Å². The fourth-order valence-corrected chi connectivity index (χ4v) is 2.99. The molecule has 0 saturated heterocycles. The van der Waals surface area contributed by atoms with Crippen LogP contribution in [0.15, 0.2) is 18.2 Å². The number of alkyl halides is 1. The van der Waals surface area contributed by atoms with Gasteiger partial charge < -0.3 is 4.74 Å². The summed E-state index contributed by atoms with van der Waals surface area (Å²) < 4.78 is 5.35. The lowest BCUT2D eigenvalue weighted by atomic mass is 9.97. The van der Waals surface area contributed by atoms with Crippen molar-refractivity contribution in [1.82, 2.24) is 0 Å². The van der Waals surface area contributed by atoms with Gasteiger partial charge in [0.25, 0.3) is 0 Å². The van der Waals surface area contributed by atoms with Crippen LogP contribution < -0.4 is 4.74 Å². The molecule has 0 bridgehead atoms. The van der Waals surface area contributed by atoms with Gasteiger partial charge in [-0.2, -0.15) is 0 Å². The maximum atomic E-state index is 6.12. The van der Waals surface area contributed by atoms with Crippen LogP contribution in [-0.2, 0) is 6.42 Å². The molecular weight excluding hydrogens is 243 g/mol. The van der Waals surface area contributed by atoms with E-state index in [1.807, 2.05) is 18.2 Å². The Morgan fingerprint density at radius 2 is 2.19 bits per heavy atom. The second-order valence-electron chi connectivity index (χ2n) is 4.44. The van der Waals surface area contributed by atoms with Gasteiger partial charge in [-0.05, 0) is 55.4 Å². The largest absolute Gasteiger partial charge is 0.496 e. The van der Waals surface area contributed by atoms with Gasteiger partial charge in [0.15, 0.2) is 0 Å². The Kier molecular flexibility index (Phi) is 3.99. The van der Waals surface area contributed by atoms with Gasteiger partial charge in [0, 0.05) is 10.4 Å². The van der Waals surface area contributed by atoms with Gasteiger partial charge in [-0.25, -0.2) is 0 Å². The number of hydrogen-bond acceptors (Lipinski definition) is 1. The summed E-state index contributed by atoms with van der Waals surface area (Å²) in [5.41, 5.74) is 1.20. The van der Waals surface area contributed by atoms with E-state index in [-0.39, 0.29) is 0 Å². The Morgan fingerprint density at radius 1 is 1.38 bits per heavy atom. The van der Waals surface area contributed by atoms with E-state index >= 15 is 0 Å². The normalized spacial score (nSPS) is 24.7. The van der Waals surface area contributed by atoms with E-state index in [1.165, 1.54) is 12.0 Å². The molecule has 3 heteroatoms. The third kappa shape index (κ3) is 2.83. The molecule has 88 valence electrons. The molecule has 0 amide bonds. The molecule has 2 unspecified atom stereocenters. The maximum Gasteiger partial charge on any atom is 0.122 e. The fraction of sp³-hybridized carbons (Fsp3) is 0.538. The highest BCUT2D eigenvalue weighted by Crippen LogP contribution is 2.34. The van der Waals surface area contributed by atoms with Crippen LogP contribution in [0.25, 0.3) is 0 Å². The molecule has 1 aromatic rings. The van der Waals surface area contributed by atoms with Crippen LogP contribution in [0.5, 0.6) is 5.75 Å². The van der Waals surface area contributed by atoms with Crippen molar-refractivity contribution in [2.45, 2.75) is 31.1 Å². The van der Waals surface area contributed by atoms with Gasteiger partial charge in [0.2, 0.25) is 0 Å². The number of benzene rings is 1. The molecule has 1 aromatic carbocycles. The molecule has 0 aromatic heterocycles. The summed E-state index contributed by atoms with van der Waals surface area (Å²) in [7, 11) is 1.70. The van der Waals surface area contributed by atoms with Crippen LogP contribution in [0.3, 0.4) is 0 Å². The molecule has 1 nitrogen and oxygen atoms in total. The summed E-state index contributed by atoms with van der Waals surface area (Å²) in [5.74, 6) is 1.61. The SMILES string of the molecule is COc1ccc(Cl)cc1CC1CCC(Cl)C1. The van der Waals surface area contributed by atoms with E-state index in [4.69, 9.17) is 27.9 Å². The zero-order chi connectivity index (χ0) is 11.5. The van der Waals surface area contributed by atoms with Crippen molar-refractivity contribution in [3.8, 4) is 5.75 Å². The van der Waals surface area contributed by atoms with Gasteiger partial charge in [-0.15, -0.1) is 11.6 Å². The number of halogens is 2. The third-order valence-electron chi connectivity index (χ3n) is 3.23. The van der Waals surface area contributed by atoms with Crippen LogP contribution in [0.2, 0.25) is 5.02 Å². The molecule has 2 atom stereocenters. The van der Waals surface area contributed by atoms with Gasteiger partial charge in [-0.1, -0.05) is 11.6 Å². The Balaban J connectivity index is 2.10. The van der Waals surface area contributed by atoms with Crippen molar-refractivity contribution in [3.05, 3.63) is 28.8 Å². The summed E-state index contributed by atoms with van der Waals surface area (Å²) in [6.45, 7) is 0. The van der Waals surface area contributed by atoms with E-state index in [1.54, 1.807) is 7.11 Å². The standard InChI is InChI=1S/C13H16Cl2O/c1-16-13-5-4-12(15)8-10(13)6-9-2-3-11(14)7-9/h4-5,8-9,11H,2-3,6-7H2,1H3. The lowest BCUT2D eigenvalue weighted by Crippen LogP contribution is -2.02. The number of hydrogen-bond donors (Lipinski definition) is 0. The van der Waals surface area contributed by atoms with Crippen LogP contribution in [0.4, 0.5) is 0 Å². The van der Waals surface area contributed by atoms with Crippen LogP contribution in [0.1, 0.15) is 24.8 Å². The summed E-state index contributed by atoms with van der Waals surface area (Å²) >= 11 is 12.1. The second-order valence-corrected chi connectivity index (χ2v) is 5.49. The van der Waals surface area contributed by atoms with Crippen LogP contribution in [0, 0.1) is 5.92 Å². The highest BCUT2D eigenvalue weighted by Gasteiger charge is 2.23. The van der Waals surface area contributed by atoms with Crippen molar-refractivity contribution >= 4 is 23.2 Å². The van der Waals surface area contributed by atoms with Crippen molar-refractivity contribution < 1.29 is 4.74 Å². The number of rotatable bonds is 3. The van der Waals surface area contributed by atoms with E-state index in [9.17, 15) is 0 Å². The highest BCUT2D eigenvalue weighted by molar-refractivity contribution is 6.30. The molecule has 0 radical (unpaired) electrons. The van der Waals surface area contributed by atoms with Crippen LogP contribution in [-0.4, -0.2) is 12.5 Å². The molecule has 0 N–H and O–H groups in total. The molecule has 0 aliphatic heterocycles. The topological polar surface area (TPSA) is 9.23 Å². The predicted octanol–water partition coefficient (Wildman–Crippen LogP) is 4.30. The summed E-state index contributed by atoms with van der Waals surface area (Å²) in [4.78, 5) is 0. The first-order chi connectivity index (χ1) is 7.69. The molecule has 0 heterocycles. The first-order valence-electron chi connectivity index (χ1n) is 5.65. The molecule has 1 saturated carbocycles. The Hall–Kier alpha value is -0.400. The average Bonchev–Trinajstić information content (AvgIpc) is 2.64. The van der Waals surface area contributed by atoms with Crippen molar-refractivity contribution in [1.29, 1.82) is 0 Å². The zero-order valence-corrected chi connectivity index (χ0v) is 10.9. The molecule has 2 rings (SSSR count). The van der Waals surface area contributed by atoms with Gasteiger partial charge >= 0.3 is 0 Å². The van der Waals surface area contributed by atoms with Gasteiger partial charge in [-0.3, -0.25) is 0 Å². The first-order valence-corrected chi connectivity index (χ1v) is 6.47. The lowest BCUT2D eigenvalue weighted by molar-refractivity contribution is 0.404. The molecule has 1 aliphatic rings. The van der Waals surface area contributed by atoms with E-state index in [0.717, 1.165) is 30.0 Å². The van der Waals surface area contributed by atoms with E-state index in [0.29, 0.717) is 11.3 Å². The highest BCUT2D eigenvalue weighted by atomic mass is 35.5. The quantitative estimate of drug-likeness (QED) is 0.735. The van der Waals surface area contributed by atoms with Crippen LogP contribution >= 0.6 is 23.2 Å². The van der Waals surface area contributed by atoms with E-state index < -0.39 is 0 Å². The van der Waals surface area contributed by atoms with Crippen molar-refractivity contribution in [3.63, 3.8) is 0 Å². The lowest BCUT2D eigenvalue weighted by Gasteiger charge is -2.13. The Morgan fingerprint density at radius 3 is 2.81 bits per heavy atom. The summed E-state index contributed by atoms with van der Waals surface area (Å²) in [5, 5.41) is 1.13. The summed E-state index contributed by atoms with van der Waals surface area (Å²) in [6, 6.07) is 5.80. The molecular formula is C13H16Cl2O. The minimum Gasteiger partial charge on any atom is -0.496 e. The molecule has 1 aliphatic carbocycles. The number of methoxy groups -OCH3 is 1. The maximum absolute atomic E-state index is 6.12. The second kappa shape index (κ2) is 5.29. The van der Waals surface area contributed by atoms with Crippen molar-refractivity contribution in [2.75, 3.05) is 7.11 Å². The van der Waals surface area contributed by atoms with Crippen molar-refractivity contribution in [2.24, 2.45) is 5.92 Å². The Labute approximate surface area is 107 Å². The third-order valence-corrected chi connectivity index (χ3v) is 3.86. The smallest absolute Gasteiger partial charge is 0.122 e. The monoisotopic (exact) mass is 258 g/mol. The fourth-order valence-electron chi connectivity index (χ4n) is 2.42. The minimum atomic E-state index is 0.357. The average molecular weight is 259 g/mol. The molecule has 16 heavy (non-hydrogen) atoms. The minimum absolute atomic E-state index is 0.357. The molecule has 1 fully saturated rings. The van der Waals surface area contributed by atoms with Gasteiger partial charge in [0.1, 0.15) is 5.75 Å². The predicted molar refractivity (Wildman–Crippen MR) is 68.7 cm³/mol. The number of ether oxygens (including phenoxy) is 1. The Bertz CT molecular complexity index is 365. The molecule has 0 spiro atoms.